The van der Waals surface area contributed by atoms with Crippen molar-refractivity contribution >= 4 is 0 Å². The van der Waals surface area contributed by atoms with Crippen LogP contribution in [-0.4, -0.2) is 20.3 Å². The van der Waals surface area contributed by atoms with E-state index in [1.807, 2.05) is 0 Å². The summed E-state index contributed by atoms with van der Waals surface area (Å²) >= 11 is 0. The molecule has 0 unspecified atom stereocenters. The lowest BCUT2D eigenvalue weighted by atomic mass is 10.0. The van der Waals surface area contributed by atoms with E-state index >= 15 is 0 Å². The zero-order chi connectivity index (χ0) is 15.1. The fraction of sp³-hybridized carbons (Fsp3) is 0.625. The van der Waals surface area contributed by atoms with Gasteiger partial charge in [0.1, 0.15) is 0 Å². The highest BCUT2D eigenvalue weighted by Crippen LogP contribution is 2.32. The van der Waals surface area contributed by atoms with Gasteiger partial charge in [-0.1, -0.05) is 37.8 Å². The lowest BCUT2D eigenvalue weighted by Crippen LogP contribution is -2.18. The molecule has 1 aliphatic rings. The first kappa shape index (κ1) is 16.0. The van der Waals surface area contributed by atoms with E-state index in [-0.39, 0.29) is 5.75 Å². The van der Waals surface area contributed by atoms with Crippen molar-refractivity contribution in [3.05, 3.63) is 23.8 Å². The van der Waals surface area contributed by atoms with E-state index in [0.29, 0.717) is 17.9 Å². The van der Waals surface area contributed by atoms with Crippen molar-refractivity contribution in [2.75, 3.05) is 13.7 Å². The molecule has 1 N–H and O–H groups in total. The standard InChI is InChI=1S/C16H23F2NO2/c1-20-14-8-4-7-13(15(14)21-16(17)18)11-19-10-9-12-5-2-3-6-12/h4,7-8,12,16,19H,2-3,5-6,9-11H2,1H3. The molecule has 118 valence electrons. The number of para-hydroxylation sites is 1. The van der Waals surface area contributed by atoms with E-state index in [2.05, 4.69) is 10.1 Å². The minimum atomic E-state index is -2.85. The van der Waals surface area contributed by atoms with Crippen molar-refractivity contribution in [1.82, 2.24) is 5.32 Å². The van der Waals surface area contributed by atoms with Crippen LogP contribution in [0.3, 0.4) is 0 Å². The molecule has 0 saturated heterocycles. The van der Waals surface area contributed by atoms with E-state index in [0.717, 1.165) is 18.9 Å². The third-order valence-electron chi connectivity index (χ3n) is 4.01. The van der Waals surface area contributed by atoms with Gasteiger partial charge in [-0.15, -0.1) is 0 Å². The molecule has 3 nitrogen and oxygen atoms in total. The van der Waals surface area contributed by atoms with Crippen LogP contribution in [0.4, 0.5) is 8.78 Å². The molecule has 1 aromatic rings. The molecule has 0 heterocycles. The number of ether oxygens (including phenoxy) is 2. The number of nitrogens with one attached hydrogen (secondary N) is 1. The van der Waals surface area contributed by atoms with Crippen LogP contribution in [-0.2, 0) is 6.54 Å². The second-order valence-corrected chi connectivity index (χ2v) is 5.44. The van der Waals surface area contributed by atoms with Gasteiger partial charge in [0.15, 0.2) is 11.5 Å². The van der Waals surface area contributed by atoms with Gasteiger partial charge in [-0.2, -0.15) is 8.78 Å². The maximum absolute atomic E-state index is 12.5. The highest BCUT2D eigenvalue weighted by Gasteiger charge is 2.16. The molecule has 0 aromatic heterocycles. The van der Waals surface area contributed by atoms with Gasteiger partial charge in [0.2, 0.25) is 0 Å². The van der Waals surface area contributed by atoms with E-state index < -0.39 is 6.61 Å². The van der Waals surface area contributed by atoms with Crippen LogP contribution < -0.4 is 14.8 Å². The lowest BCUT2D eigenvalue weighted by Gasteiger charge is -2.15. The number of halogens is 2. The predicted molar refractivity (Wildman–Crippen MR) is 77.9 cm³/mol. The highest BCUT2D eigenvalue weighted by atomic mass is 19.3. The first-order valence-corrected chi connectivity index (χ1v) is 7.52. The number of rotatable bonds is 8. The Balaban J connectivity index is 1.88. The van der Waals surface area contributed by atoms with Crippen LogP contribution in [0.2, 0.25) is 0 Å². The van der Waals surface area contributed by atoms with Crippen LogP contribution >= 0.6 is 0 Å². The van der Waals surface area contributed by atoms with Crippen LogP contribution in [0.1, 0.15) is 37.7 Å². The second kappa shape index (κ2) is 8.17. The third kappa shape index (κ3) is 4.84. The molecule has 0 aliphatic heterocycles. The molecule has 0 spiro atoms. The zero-order valence-corrected chi connectivity index (χ0v) is 12.4. The Bertz CT molecular complexity index is 434. The van der Waals surface area contributed by atoms with Gasteiger partial charge >= 0.3 is 6.61 Å². The molecule has 0 radical (unpaired) electrons. The molecule has 0 amide bonds. The van der Waals surface area contributed by atoms with E-state index in [4.69, 9.17) is 4.74 Å². The van der Waals surface area contributed by atoms with E-state index in [9.17, 15) is 8.78 Å². The number of methoxy groups -OCH3 is 1. The Kier molecular flexibility index (Phi) is 6.23. The molecule has 1 aromatic carbocycles. The molecule has 0 bridgehead atoms. The molecular formula is C16H23F2NO2. The summed E-state index contributed by atoms with van der Waals surface area (Å²) < 4.78 is 34.7. The van der Waals surface area contributed by atoms with Crippen molar-refractivity contribution in [2.24, 2.45) is 5.92 Å². The smallest absolute Gasteiger partial charge is 0.387 e. The molecule has 5 heteroatoms. The highest BCUT2D eigenvalue weighted by molar-refractivity contribution is 5.46. The molecule has 1 fully saturated rings. The summed E-state index contributed by atoms with van der Waals surface area (Å²) in [6.45, 7) is -1.44. The van der Waals surface area contributed by atoms with Crippen molar-refractivity contribution in [2.45, 2.75) is 45.3 Å². The number of alkyl halides is 2. The monoisotopic (exact) mass is 299 g/mol. The van der Waals surface area contributed by atoms with Crippen LogP contribution in [0.5, 0.6) is 11.5 Å². The van der Waals surface area contributed by atoms with Crippen LogP contribution in [0.15, 0.2) is 18.2 Å². The van der Waals surface area contributed by atoms with E-state index in [1.54, 1.807) is 18.2 Å². The first-order valence-electron chi connectivity index (χ1n) is 7.52. The first-order chi connectivity index (χ1) is 10.2. The van der Waals surface area contributed by atoms with Gasteiger partial charge in [-0.25, -0.2) is 0 Å². The zero-order valence-electron chi connectivity index (χ0n) is 12.4. The van der Waals surface area contributed by atoms with Gasteiger partial charge in [-0.05, 0) is 24.9 Å². The SMILES string of the molecule is COc1cccc(CNCCC2CCCC2)c1OC(F)F. The summed E-state index contributed by atoms with van der Waals surface area (Å²) in [5.74, 6) is 1.29. The fourth-order valence-electron chi connectivity index (χ4n) is 2.91. The summed E-state index contributed by atoms with van der Waals surface area (Å²) in [6, 6.07) is 5.19. The normalized spacial score (nSPS) is 15.6. The maximum Gasteiger partial charge on any atom is 0.387 e. The van der Waals surface area contributed by atoms with Crippen molar-refractivity contribution in [3.63, 3.8) is 0 Å². The van der Waals surface area contributed by atoms with Gasteiger partial charge < -0.3 is 14.8 Å². The second-order valence-electron chi connectivity index (χ2n) is 5.44. The Morgan fingerprint density at radius 3 is 2.71 bits per heavy atom. The van der Waals surface area contributed by atoms with Gasteiger partial charge in [0, 0.05) is 12.1 Å². The van der Waals surface area contributed by atoms with Gasteiger partial charge in [-0.3, -0.25) is 0 Å². The Morgan fingerprint density at radius 1 is 1.29 bits per heavy atom. The third-order valence-corrected chi connectivity index (χ3v) is 4.01. The van der Waals surface area contributed by atoms with Gasteiger partial charge in [0.05, 0.1) is 7.11 Å². The molecule has 21 heavy (non-hydrogen) atoms. The van der Waals surface area contributed by atoms with Crippen molar-refractivity contribution < 1.29 is 18.3 Å². The lowest BCUT2D eigenvalue weighted by molar-refractivity contribution is -0.0518. The molecule has 2 rings (SSSR count). The van der Waals surface area contributed by atoms with Crippen LogP contribution in [0, 0.1) is 5.92 Å². The minimum Gasteiger partial charge on any atom is -0.493 e. The number of hydrogen-bond acceptors (Lipinski definition) is 3. The Morgan fingerprint density at radius 2 is 2.05 bits per heavy atom. The van der Waals surface area contributed by atoms with Crippen molar-refractivity contribution in [3.8, 4) is 11.5 Å². The topological polar surface area (TPSA) is 30.5 Å². The number of benzene rings is 1. The maximum atomic E-state index is 12.5. The summed E-state index contributed by atoms with van der Waals surface area (Å²) in [7, 11) is 1.45. The van der Waals surface area contributed by atoms with Gasteiger partial charge in [0.25, 0.3) is 0 Å². The quantitative estimate of drug-likeness (QED) is 0.737. The minimum absolute atomic E-state index is 0.128. The number of hydrogen-bond donors (Lipinski definition) is 1. The summed E-state index contributed by atoms with van der Waals surface area (Å²) in [6.07, 6.45) is 6.47. The van der Waals surface area contributed by atoms with E-state index in [1.165, 1.54) is 32.8 Å². The largest absolute Gasteiger partial charge is 0.493 e. The molecule has 0 atom stereocenters. The van der Waals surface area contributed by atoms with Crippen LogP contribution in [0.25, 0.3) is 0 Å². The predicted octanol–water partition coefficient (Wildman–Crippen LogP) is 3.97. The summed E-state index contributed by atoms with van der Waals surface area (Å²) in [5, 5.41) is 3.31. The fourth-order valence-corrected chi connectivity index (χ4v) is 2.91. The summed E-state index contributed by atoms with van der Waals surface area (Å²) in [4.78, 5) is 0. The molecular weight excluding hydrogens is 276 g/mol. The Labute approximate surface area is 124 Å². The molecule has 1 saturated carbocycles. The average Bonchev–Trinajstić information content (AvgIpc) is 2.97. The summed E-state index contributed by atoms with van der Waals surface area (Å²) in [5.41, 5.74) is 0.695. The molecule has 1 aliphatic carbocycles. The average molecular weight is 299 g/mol. The van der Waals surface area contributed by atoms with Crippen molar-refractivity contribution in [1.29, 1.82) is 0 Å². The Hall–Kier alpha value is -1.36.